The molecule has 4 rings (SSSR count). The van der Waals surface area contributed by atoms with Crippen LogP contribution in [0.25, 0.3) is 0 Å². The summed E-state index contributed by atoms with van der Waals surface area (Å²) in [6, 6.07) is 0. The van der Waals surface area contributed by atoms with Crippen molar-refractivity contribution in [2.45, 2.75) is 120 Å². The van der Waals surface area contributed by atoms with Gasteiger partial charge in [0.15, 0.2) is 0 Å². The highest BCUT2D eigenvalue weighted by atomic mass is 16.1. The van der Waals surface area contributed by atoms with E-state index in [-0.39, 0.29) is 38.8 Å². The molecule has 0 unspecified atom stereocenters. The van der Waals surface area contributed by atoms with E-state index in [4.69, 9.17) is 0 Å². The Balaban J connectivity index is 1.72. The van der Waals surface area contributed by atoms with Gasteiger partial charge in [-0.15, -0.1) is 0 Å². The second-order valence-electron chi connectivity index (χ2n) is 14.3. The predicted octanol–water partition coefficient (Wildman–Crippen LogP) is 7.21. The van der Waals surface area contributed by atoms with Crippen LogP contribution in [0.15, 0.2) is 0 Å². The van der Waals surface area contributed by atoms with Crippen molar-refractivity contribution < 1.29 is 14.4 Å². The fourth-order valence-electron chi connectivity index (χ4n) is 10.5. The molecule has 4 aliphatic carbocycles. The Bertz CT molecular complexity index is 857. The van der Waals surface area contributed by atoms with E-state index < -0.39 is 0 Å². The zero-order chi connectivity index (χ0) is 24.6. The van der Waals surface area contributed by atoms with Crippen LogP contribution in [0.5, 0.6) is 0 Å². The van der Waals surface area contributed by atoms with Crippen LogP contribution in [0.3, 0.4) is 0 Å². The maximum absolute atomic E-state index is 13.2. The lowest BCUT2D eigenvalue weighted by atomic mass is 9.32. The van der Waals surface area contributed by atoms with Crippen molar-refractivity contribution in [1.29, 1.82) is 0 Å². The van der Waals surface area contributed by atoms with Crippen molar-refractivity contribution in [2.24, 2.45) is 50.7 Å². The van der Waals surface area contributed by atoms with E-state index >= 15 is 0 Å². The standard InChI is InChI=1S/C30H48O3/c1-19(31)11-14-27(5)17-18-29(7)21(25(27)20(2)32)9-10-23-28(6)15-13-24(33)26(3,4)22(28)12-16-30(23,29)8/h21-23,25H,9-18H2,1-8H3/t21-,22+,23-,25+,27-,28+,29-,30-/m1/s1. The van der Waals surface area contributed by atoms with E-state index in [1.807, 2.05) is 6.92 Å². The summed E-state index contributed by atoms with van der Waals surface area (Å²) in [6.07, 6.45) is 10.0. The summed E-state index contributed by atoms with van der Waals surface area (Å²) in [6.45, 7) is 17.8. The third kappa shape index (κ3) is 3.37. The highest BCUT2D eigenvalue weighted by molar-refractivity contribution is 5.85. The van der Waals surface area contributed by atoms with Gasteiger partial charge in [-0.25, -0.2) is 0 Å². The zero-order valence-electron chi connectivity index (χ0n) is 22.6. The van der Waals surface area contributed by atoms with Crippen LogP contribution < -0.4 is 0 Å². The van der Waals surface area contributed by atoms with Gasteiger partial charge in [-0.2, -0.15) is 0 Å². The van der Waals surface area contributed by atoms with Crippen LogP contribution in [0, 0.1) is 50.7 Å². The Kier molecular flexibility index (Phi) is 5.90. The molecule has 0 amide bonds. The molecule has 0 aromatic carbocycles. The molecule has 4 saturated carbocycles. The first-order chi connectivity index (χ1) is 15.1. The van der Waals surface area contributed by atoms with Crippen LogP contribution in [0.2, 0.25) is 0 Å². The minimum atomic E-state index is -0.216. The summed E-state index contributed by atoms with van der Waals surface area (Å²) < 4.78 is 0. The van der Waals surface area contributed by atoms with E-state index in [1.54, 1.807) is 6.92 Å². The van der Waals surface area contributed by atoms with Crippen molar-refractivity contribution in [3.05, 3.63) is 0 Å². The molecule has 0 bridgehead atoms. The first kappa shape index (κ1) is 25.1. The quantitative estimate of drug-likeness (QED) is 0.449. The summed E-state index contributed by atoms with van der Waals surface area (Å²) in [5.41, 5.74) is 0.269. The van der Waals surface area contributed by atoms with Gasteiger partial charge in [0.05, 0.1) is 0 Å². The predicted molar refractivity (Wildman–Crippen MR) is 133 cm³/mol. The Morgan fingerprint density at radius 3 is 2.09 bits per heavy atom. The molecule has 4 aliphatic rings. The molecule has 8 atom stereocenters. The number of rotatable bonds is 4. The van der Waals surface area contributed by atoms with Gasteiger partial charge in [0, 0.05) is 24.2 Å². The number of carbonyl (C=O) groups is 3. The van der Waals surface area contributed by atoms with Gasteiger partial charge in [-0.3, -0.25) is 9.59 Å². The lowest BCUT2D eigenvalue weighted by Crippen LogP contribution is -2.66. The van der Waals surface area contributed by atoms with E-state index in [0.717, 1.165) is 44.9 Å². The maximum atomic E-state index is 13.2. The van der Waals surface area contributed by atoms with Gasteiger partial charge < -0.3 is 4.79 Å². The third-order valence-electron chi connectivity index (χ3n) is 12.5. The Morgan fingerprint density at radius 2 is 1.48 bits per heavy atom. The van der Waals surface area contributed by atoms with Gasteiger partial charge in [0.25, 0.3) is 0 Å². The van der Waals surface area contributed by atoms with Crippen molar-refractivity contribution >= 4 is 17.3 Å². The second kappa shape index (κ2) is 7.76. The molecule has 33 heavy (non-hydrogen) atoms. The summed E-state index contributed by atoms with van der Waals surface area (Å²) in [5.74, 6) is 2.59. The molecule has 0 saturated heterocycles. The summed E-state index contributed by atoms with van der Waals surface area (Å²) in [7, 11) is 0. The summed E-state index contributed by atoms with van der Waals surface area (Å²) >= 11 is 0. The molecular weight excluding hydrogens is 408 g/mol. The van der Waals surface area contributed by atoms with Crippen LogP contribution in [0.1, 0.15) is 120 Å². The molecule has 0 heterocycles. The molecule has 0 aromatic rings. The number of Topliss-reactive ketones (excluding diaryl/α,β-unsaturated/α-hetero) is 3. The van der Waals surface area contributed by atoms with Gasteiger partial charge in [0.2, 0.25) is 0 Å². The topological polar surface area (TPSA) is 51.2 Å². The maximum Gasteiger partial charge on any atom is 0.138 e. The first-order valence-corrected chi connectivity index (χ1v) is 13.7. The number of ketones is 3. The van der Waals surface area contributed by atoms with Crippen molar-refractivity contribution in [3.8, 4) is 0 Å². The zero-order valence-corrected chi connectivity index (χ0v) is 22.6. The monoisotopic (exact) mass is 456 g/mol. The lowest BCUT2D eigenvalue weighted by Gasteiger charge is -2.72. The van der Waals surface area contributed by atoms with Crippen LogP contribution in [-0.2, 0) is 14.4 Å². The largest absolute Gasteiger partial charge is 0.300 e. The minimum absolute atomic E-state index is 0.0586. The lowest BCUT2D eigenvalue weighted by molar-refractivity contribution is -0.232. The van der Waals surface area contributed by atoms with Gasteiger partial charge in [-0.1, -0.05) is 41.5 Å². The average Bonchev–Trinajstić information content (AvgIpc) is 2.71. The van der Waals surface area contributed by atoms with Crippen molar-refractivity contribution in [3.63, 3.8) is 0 Å². The van der Waals surface area contributed by atoms with E-state index in [1.165, 1.54) is 12.8 Å². The van der Waals surface area contributed by atoms with Gasteiger partial charge in [0.1, 0.15) is 17.3 Å². The number of carbonyl (C=O) groups excluding carboxylic acids is 3. The summed E-state index contributed by atoms with van der Waals surface area (Å²) in [4.78, 5) is 37.9. The normalized spacial score (nSPS) is 48.9. The molecule has 0 N–H and O–H groups in total. The molecular formula is C30H48O3. The fourth-order valence-corrected chi connectivity index (χ4v) is 10.5. The number of hydrogen-bond donors (Lipinski definition) is 0. The molecule has 0 spiro atoms. The number of fused-ring (bicyclic) bond motifs is 5. The molecule has 3 nitrogen and oxygen atoms in total. The SMILES string of the molecule is CC(=O)CC[C@]1(C)CC[C@]2(C)[C@H](CC[C@@H]3[C@@]4(C)CCC(=O)C(C)(C)[C@@H]4CC[C@]32C)[C@@H]1C(C)=O. The van der Waals surface area contributed by atoms with Crippen LogP contribution in [0.4, 0.5) is 0 Å². The fraction of sp³-hybridized carbons (Fsp3) is 0.900. The van der Waals surface area contributed by atoms with Gasteiger partial charge in [-0.05, 0) is 105 Å². The molecule has 0 radical (unpaired) electrons. The molecule has 3 heteroatoms. The van der Waals surface area contributed by atoms with Crippen molar-refractivity contribution in [1.82, 2.24) is 0 Å². The Morgan fingerprint density at radius 1 is 0.818 bits per heavy atom. The molecule has 0 aliphatic heterocycles. The summed E-state index contributed by atoms with van der Waals surface area (Å²) in [5, 5.41) is 0. The highest BCUT2D eigenvalue weighted by Crippen LogP contribution is 2.75. The molecule has 0 aromatic heterocycles. The first-order valence-electron chi connectivity index (χ1n) is 13.7. The highest BCUT2D eigenvalue weighted by Gasteiger charge is 2.69. The Labute approximate surface area is 202 Å². The molecule has 4 fully saturated rings. The second-order valence-corrected chi connectivity index (χ2v) is 14.3. The van der Waals surface area contributed by atoms with E-state index in [9.17, 15) is 14.4 Å². The van der Waals surface area contributed by atoms with Crippen LogP contribution >= 0.6 is 0 Å². The van der Waals surface area contributed by atoms with Gasteiger partial charge >= 0.3 is 0 Å². The number of hydrogen-bond acceptors (Lipinski definition) is 3. The smallest absolute Gasteiger partial charge is 0.138 e. The third-order valence-corrected chi connectivity index (χ3v) is 12.5. The van der Waals surface area contributed by atoms with Crippen LogP contribution in [-0.4, -0.2) is 17.3 Å². The van der Waals surface area contributed by atoms with Crippen molar-refractivity contribution in [2.75, 3.05) is 0 Å². The van der Waals surface area contributed by atoms with E-state index in [0.29, 0.717) is 35.7 Å². The average molecular weight is 457 g/mol. The molecule has 186 valence electrons. The van der Waals surface area contributed by atoms with E-state index in [2.05, 4.69) is 41.5 Å². The Hall–Kier alpha value is -0.990. The minimum Gasteiger partial charge on any atom is -0.300 e.